The molecule has 0 aliphatic rings. The van der Waals surface area contributed by atoms with E-state index < -0.39 is 5.97 Å². The minimum Gasteiger partial charge on any atom is -0.465 e. The van der Waals surface area contributed by atoms with Gasteiger partial charge in [0.1, 0.15) is 0 Å². The van der Waals surface area contributed by atoms with Crippen LogP contribution in [0.2, 0.25) is 0 Å². The van der Waals surface area contributed by atoms with Gasteiger partial charge >= 0.3 is 5.97 Å². The number of hydrogen-bond donors (Lipinski definition) is 2. The number of para-hydroxylation sites is 1. The number of rotatable bonds is 5. The Bertz CT molecular complexity index is 581. The fourth-order valence-electron chi connectivity index (χ4n) is 2.01. The van der Waals surface area contributed by atoms with Crippen molar-refractivity contribution in [3.63, 3.8) is 0 Å². The van der Waals surface area contributed by atoms with Crippen molar-refractivity contribution in [1.29, 1.82) is 0 Å². The third-order valence-corrected chi connectivity index (χ3v) is 2.94. The van der Waals surface area contributed by atoms with Crippen LogP contribution in [0.3, 0.4) is 0 Å². The largest absolute Gasteiger partial charge is 0.465 e. The number of hydrogen-bond acceptors (Lipinski definition) is 5. The molecule has 20 heavy (non-hydrogen) atoms. The molecule has 6 heteroatoms. The highest BCUT2D eigenvalue weighted by Gasteiger charge is 2.15. The van der Waals surface area contributed by atoms with Crippen molar-refractivity contribution >= 4 is 17.3 Å². The van der Waals surface area contributed by atoms with Crippen LogP contribution < -0.4 is 11.1 Å². The molecule has 2 rings (SSSR count). The fourth-order valence-corrected chi connectivity index (χ4v) is 2.01. The molecule has 1 atom stereocenters. The Morgan fingerprint density at radius 2 is 2.35 bits per heavy atom. The van der Waals surface area contributed by atoms with Crippen molar-refractivity contribution in [3.05, 3.63) is 42.5 Å². The van der Waals surface area contributed by atoms with Gasteiger partial charge in [-0.25, -0.2) is 9.78 Å². The number of imidazole rings is 1. The van der Waals surface area contributed by atoms with Crippen LogP contribution in [0.15, 0.2) is 36.9 Å². The lowest BCUT2D eigenvalue weighted by Gasteiger charge is -2.19. The smallest absolute Gasteiger partial charge is 0.340 e. The molecule has 1 aromatic heterocycles. The molecular formula is C14H18N4O2. The predicted octanol–water partition coefficient (Wildman–Crippen LogP) is 1.75. The Kier molecular flexibility index (Phi) is 4.24. The summed E-state index contributed by atoms with van der Waals surface area (Å²) >= 11 is 0. The number of aromatic nitrogens is 2. The first kappa shape index (κ1) is 13.9. The molecule has 1 heterocycles. The number of methoxy groups -OCH3 is 1. The lowest BCUT2D eigenvalue weighted by Crippen LogP contribution is -2.23. The van der Waals surface area contributed by atoms with Crippen LogP contribution in [0, 0.1) is 0 Å². The number of nitrogens with one attached hydrogen (secondary N) is 1. The third kappa shape index (κ3) is 3.09. The van der Waals surface area contributed by atoms with Gasteiger partial charge in [0.25, 0.3) is 0 Å². The zero-order valence-corrected chi connectivity index (χ0v) is 11.5. The van der Waals surface area contributed by atoms with Gasteiger partial charge in [0.2, 0.25) is 0 Å². The number of nitrogens with zero attached hydrogens (tertiary/aromatic N) is 2. The maximum absolute atomic E-state index is 11.8. The summed E-state index contributed by atoms with van der Waals surface area (Å²) in [4.78, 5) is 15.7. The van der Waals surface area contributed by atoms with Crippen molar-refractivity contribution in [2.24, 2.45) is 0 Å². The molecule has 6 nitrogen and oxygen atoms in total. The van der Waals surface area contributed by atoms with Crippen molar-refractivity contribution in [1.82, 2.24) is 9.55 Å². The van der Waals surface area contributed by atoms with Gasteiger partial charge in [0, 0.05) is 25.0 Å². The number of nitrogens with two attached hydrogens (primary N) is 1. The molecule has 3 N–H and O–H groups in total. The van der Waals surface area contributed by atoms with Gasteiger partial charge in [0.05, 0.1) is 30.4 Å². The average Bonchev–Trinajstić information content (AvgIpc) is 2.93. The van der Waals surface area contributed by atoms with E-state index in [9.17, 15) is 4.79 Å². The predicted molar refractivity (Wildman–Crippen MR) is 77.5 cm³/mol. The van der Waals surface area contributed by atoms with Gasteiger partial charge in [-0.05, 0) is 19.1 Å². The van der Waals surface area contributed by atoms with Gasteiger partial charge in [-0.15, -0.1) is 0 Å². The molecule has 0 bridgehead atoms. The monoisotopic (exact) mass is 274 g/mol. The van der Waals surface area contributed by atoms with Crippen molar-refractivity contribution < 1.29 is 9.53 Å². The van der Waals surface area contributed by atoms with Crippen LogP contribution in [-0.2, 0) is 11.3 Å². The summed E-state index contributed by atoms with van der Waals surface area (Å²) in [6.07, 6.45) is 5.35. The zero-order valence-electron chi connectivity index (χ0n) is 11.5. The second kappa shape index (κ2) is 6.10. The van der Waals surface area contributed by atoms with E-state index in [1.54, 1.807) is 30.7 Å². The summed E-state index contributed by atoms with van der Waals surface area (Å²) < 4.78 is 6.72. The molecule has 0 aliphatic heterocycles. The highest BCUT2D eigenvalue weighted by atomic mass is 16.5. The van der Waals surface area contributed by atoms with E-state index >= 15 is 0 Å². The zero-order chi connectivity index (χ0) is 14.5. The van der Waals surface area contributed by atoms with E-state index in [1.165, 1.54) is 7.11 Å². The first-order valence-electron chi connectivity index (χ1n) is 6.31. The molecule has 0 saturated carbocycles. The van der Waals surface area contributed by atoms with Gasteiger partial charge in [-0.1, -0.05) is 6.07 Å². The molecule has 0 spiro atoms. The quantitative estimate of drug-likeness (QED) is 0.641. The summed E-state index contributed by atoms with van der Waals surface area (Å²) in [6, 6.07) is 5.25. The Morgan fingerprint density at radius 1 is 1.55 bits per heavy atom. The maximum Gasteiger partial charge on any atom is 0.340 e. The van der Waals surface area contributed by atoms with E-state index in [0.717, 1.165) is 6.54 Å². The standard InChI is InChI=1S/C14H18N4O2/c1-10(8-18-7-6-16-9-18)17-13-11(14(19)20-2)4-3-5-12(13)15/h3-7,9-10,17H,8,15H2,1-2H3. The van der Waals surface area contributed by atoms with E-state index in [0.29, 0.717) is 16.9 Å². The van der Waals surface area contributed by atoms with Gasteiger partial charge in [-0.2, -0.15) is 0 Å². The fraction of sp³-hybridized carbons (Fsp3) is 0.286. The Hall–Kier alpha value is -2.50. The highest BCUT2D eigenvalue weighted by molar-refractivity contribution is 5.98. The second-order valence-corrected chi connectivity index (χ2v) is 4.57. The van der Waals surface area contributed by atoms with Crippen LogP contribution in [0.4, 0.5) is 11.4 Å². The molecule has 0 saturated heterocycles. The average molecular weight is 274 g/mol. The van der Waals surface area contributed by atoms with Crippen molar-refractivity contribution in [2.45, 2.75) is 19.5 Å². The van der Waals surface area contributed by atoms with E-state index in [-0.39, 0.29) is 6.04 Å². The van der Waals surface area contributed by atoms with E-state index in [2.05, 4.69) is 10.3 Å². The molecule has 0 aliphatic carbocycles. The van der Waals surface area contributed by atoms with Crippen molar-refractivity contribution in [3.8, 4) is 0 Å². The first-order chi connectivity index (χ1) is 9.61. The van der Waals surface area contributed by atoms with Gasteiger partial charge in [0.15, 0.2) is 0 Å². The highest BCUT2D eigenvalue weighted by Crippen LogP contribution is 2.25. The number of ether oxygens (including phenoxy) is 1. The number of benzene rings is 1. The molecule has 0 fully saturated rings. The SMILES string of the molecule is COC(=O)c1cccc(N)c1NC(C)Cn1ccnc1. The van der Waals surface area contributed by atoms with Crippen LogP contribution >= 0.6 is 0 Å². The first-order valence-corrected chi connectivity index (χ1v) is 6.31. The summed E-state index contributed by atoms with van der Waals surface area (Å²) in [5, 5.41) is 3.26. The van der Waals surface area contributed by atoms with E-state index in [4.69, 9.17) is 10.5 Å². The molecular weight excluding hydrogens is 256 g/mol. The lowest BCUT2D eigenvalue weighted by atomic mass is 10.1. The number of anilines is 2. The summed E-state index contributed by atoms with van der Waals surface area (Å²) in [6.45, 7) is 2.72. The Balaban J connectivity index is 2.17. The molecule has 0 amide bonds. The van der Waals surface area contributed by atoms with Gasteiger partial charge in [-0.3, -0.25) is 0 Å². The summed E-state index contributed by atoms with van der Waals surface area (Å²) in [5.74, 6) is -0.408. The molecule has 1 unspecified atom stereocenters. The maximum atomic E-state index is 11.8. The molecule has 0 radical (unpaired) electrons. The van der Waals surface area contributed by atoms with Crippen LogP contribution in [0.5, 0.6) is 0 Å². The number of carbonyl (C=O) groups is 1. The van der Waals surface area contributed by atoms with E-state index in [1.807, 2.05) is 17.7 Å². The van der Waals surface area contributed by atoms with Crippen LogP contribution in [-0.4, -0.2) is 28.7 Å². The van der Waals surface area contributed by atoms with Crippen molar-refractivity contribution in [2.75, 3.05) is 18.2 Å². The second-order valence-electron chi connectivity index (χ2n) is 4.57. The minimum absolute atomic E-state index is 0.0808. The molecule has 2 aromatic rings. The number of esters is 1. The minimum atomic E-state index is -0.408. The summed E-state index contributed by atoms with van der Waals surface area (Å²) in [7, 11) is 1.35. The van der Waals surface area contributed by atoms with Crippen LogP contribution in [0.1, 0.15) is 17.3 Å². The van der Waals surface area contributed by atoms with Gasteiger partial charge < -0.3 is 20.4 Å². The number of carbonyl (C=O) groups excluding carboxylic acids is 1. The molecule has 1 aromatic carbocycles. The molecule has 106 valence electrons. The lowest BCUT2D eigenvalue weighted by molar-refractivity contribution is 0.0602. The summed E-state index contributed by atoms with van der Waals surface area (Å²) in [5.41, 5.74) is 7.50. The Morgan fingerprint density at radius 3 is 3.00 bits per heavy atom. The van der Waals surface area contributed by atoms with Crippen LogP contribution in [0.25, 0.3) is 0 Å². The number of nitrogen functional groups attached to an aromatic ring is 1. The topological polar surface area (TPSA) is 82.2 Å². The third-order valence-electron chi connectivity index (χ3n) is 2.94. The Labute approximate surface area is 117 Å². The normalized spacial score (nSPS) is 11.9.